The van der Waals surface area contributed by atoms with Crippen LogP contribution in [0.25, 0.3) is 54.5 Å². The second-order valence-electron chi connectivity index (χ2n) is 10.1. The standard InChI is InChI=1S/C33H18N2O/c1-2-8-20-19(7-1)13-14-21-22-10-6-18-35-32(22)29-24(28(20)21)15-16-27-31(29)33(35)30-23(9-5-12-26(30)36-27)25-11-3-4-17-34(25)33/h1-18H/q+2. The Kier molecular flexibility index (Phi) is 2.72. The van der Waals surface area contributed by atoms with Gasteiger partial charge in [0.05, 0.1) is 16.3 Å². The smallest absolute Gasteiger partial charge is 0.425 e. The molecular formula is C33H18N2O+2. The molecule has 5 heterocycles. The summed E-state index contributed by atoms with van der Waals surface area (Å²) in [6.07, 6.45) is 4.50. The second kappa shape index (κ2) is 5.55. The minimum Gasteiger partial charge on any atom is -0.456 e. The Bertz CT molecular complexity index is 2200. The number of aromatic nitrogens is 2. The van der Waals surface area contributed by atoms with Crippen LogP contribution < -0.4 is 13.9 Å². The molecular weight excluding hydrogens is 440 g/mol. The maximum atomic E-state index is 6.68. The van der Waals surface area contributed by atoms with Crippen molar-refractivity contribution in [2.45, 2.75) is 5.66 Å². The number of hydrogen-bond acceptors (Lipinski definition) is 1. The molecule has 0 aliphatic carbocycles. The summed E-state index contributed by atoms with van der Waals surface area (Å²) in [6, 6.07) is 35.3. The first-order valence-electron chi connectivity index (χ1n) is 12.5. The lowest BCUT2D eigenvalue weighted by molar-refractivity contribution is -0.950. The Labute approximate surface area is 206 Å². The topological polar surface area (TPSA) is 17.0 Å². The van der Waals surface area contributed by atoms with Gasteiger partial charge in [0.25, 0.3) is 0 Å². The van der Waals surface area contributed by atoms with E-state index < -0.39 is 5.66 Å². The molecule has 3 aliphatic heterocycles. The van der Waals surface area contributed by atoms with Gasteiger partial charge in [-0.3, -0.25) is 0 Å². The number of nitrogens with zero attached hydrogens (tertiary/aromatic N) is 2. The molecule has 0 radical (unpaired) electrons. The number of rotatable bonds is 0. The summed E-state index contributed by atoms with van der Waals surface area (Å²) in [5.74, 6) is 1.89. The maximum Gasteiger partial charge on any atom is 0.425 e. The largest absolute Gasteiger partial charge is 0.456 e. The number of benzene rings is 5. The molecule has 10 rings (SSSR count). The van der Waals surface area contributed by atoms with Crippen molar-refractivity contribution in [1.29, 1.82) is 0 Å². The van der Waals surface area contributed by atoms with Crippen molar-refractivity contribution in [2.24, 2.45) is 0 Å². The highest BCUT2D eigenvalue weighted by atomic mass is 16.5. The van der Waals surface area contributed by atoms with E-state index in [0.717, 1.165) is 11.5 Å². The van der Waals surface area contributed by atoms with Crippen LogP contribution in [0.3, 0.4) is 0 Å². The fourth-order valence-corrected chi connectivity index (χ4v) is 7.48. The second-order valence-corrected chi connectivity index (χ2v) is 10.1. The summed E-state index contributed by atoms with van der Waals surface area (Å²) < 4.78 is 11.7. The van der Waals surface area contributed by atoms with Gasteiger partial charge in [0.15, 0.2) is 23.5 Å². The quantitative estimate of drug-likeness (QED) is 0.186. The molecule has 1 unspecified atom stereocenters. The molecule has 164 valence electrons. The van der Waals surface area contributed by atoms with Gasteiger partial charge in [-0.05, 0) is 63.3 Å². The Balaban J connectivity index is 1.56. The first kappa shape index (κ1) is 17.6. The highest BCUT2D eigenvalue weighted by molar-refractivity contribution is 6.31. The Morgan fingerprint density at radius 3 is 2.36 bits per heavy atom. The van der Waals surface area contributed by atoms with Crippen LogP contribution in [0.2, 0.25) is 0 Å². The lowest BCUT2D eigenvalue weighted by atomic mass is 9.85. The van der Waals surface area contributed by atoms with E-state index >= 15 is 0 Å². The summed E-state index contributed by atoms with van der Waals surface area (Å²) in [6.45, 7) is 0. The summed E-state index contributed by atoms with van der Waals surface area (Å²) in [4.78, 5) is 0. The zero-order chi connectivity index (χ0) is 23.2. The van der Waals surface area contributed by atoms with Crippen LogP contribution in [0.1, 0.15) is 11.1 Å². The number of pyridine rings is 2. The van der Waals surface area contributed by atoms with Gasteiger partial charge in [0, 0.05) is 18.2 Å². The lowest BCUT2D eigenvalue weighted by Crippen LogP contribution is -2.71. The van der Waals surface area contributed by atoms with Gasteiger partial charge in [0.1, 0.15) is 11.5 Å². The van der Waals surface area contributed by atoms with Crippen molar-refractivity contribution < 1.29 is 13.9 Å². The van der Waals surface area contributed by atoms with Crippen LogP contribution >= 0.6 is 0 Å². The van der Waals surface area contributed by atoms with Crippen LogP contribution in [0.4, 0.5) is 0 Å². The van der Waals surface area contributed by atoms with Crippen molar-refractivity contribution in [2.75, 3.05) is 0 Å². The van der Waals surface area contributed by atoms with Crippen molar-refractivity contribution in [3.8, 4) is 22.8 Å². The predicted molar refractivity (Wildman–Crippen MR) is 140 cm³/mol. The van der Waals surface area contributed by atoms with E-state index in [1.54, 1.807) is 0 Å². The molecule has 0 amide bonds. The van der Waals surface area contributed by atoms with Gasteiger partial charge in [-0.1, -0.05) is 42.5 Å². The van der Waals surface area contributed by atoms with Gasteiger partial charge in [0.2, 0.25) is 11.2 Å². The molecule has 1 atom stereocenters. The SMILES string of the molecule is c1cc2c3c(c1)-c1cccc[n+]1C31c3c(ccc4c3c3c(ccc[n+]31)c1ccc3ccccc3c14)O2. The third kappa shape index (κ3) is 1.64. The molecule has 0 fully saturated rings. The number of ether oxygens (including phenoxy) is 1. The molecule has 0 saturated heterocycles. The van der Waals surface area contributed by atoms with E-state index in [2.05, 4.69) is 119 Å². The predicted octanol–water partition coefficient (Wildman–Crippen LogP) is 6.57. The fourth-order valence-electron chi connectivity index (χ4n) is 7.48. The Morgan fingerprint density at radius 1 is 0.528 bits per heavy atom. The molecule has 2 aromatic heterocycles. The Hall–Kier alpha value is -4.76. The Morgan fingerprint density at radius 2 is 1.36 bits per heavy atom. The van der Waals surface area contributed by atoms with Crippen LogP contribution in [0.15, 0.2) is 109 Å². The average Bonchev–Trinajstić information content (AvgIpc) is 3.42. The van der Waals surface area contributed by atoms with Crippen molar-refractivity contribution in [3.05, 3.63) is 121 Å². The molecule has 36 heavy (non-hydrogen) atoms. The number of fused-ring (bicyclic) bond motifs is 7. The zero-order valence-corrected chi connectivity index (χ0v) is 19.2. The molecule has 5 aromatic carbocycles. The van der Waals surface area contributed by atoms with Gasteiger partial charge in [-0.15, -0.1) is 9.13 Å². The zero-order valence-electron chi connectivity index (χ0n) is 19.2. The average molecular weight is 459 g/mol. The van der Waals surface area contributed by atoms with Crippen LogP contribution in [-0.4, -0.2) is 0 Å². The van der Waals surface area contributed by atoms with E-state index in [9.17, 15) is 0 Å². The van der Waals surface area contributed by atoms with Crippen LogP contribution in [0.5, 0.6) is 11.5 Å². The van der Waals surface area contributed by atoms with Crippen molar-refractivity contribution >= 4 is 43.2 Å². The lowest BCUT2D eigenvalue weighted by Gasteiger charge is -2.25. The highest BCUT2D eigenvalue weighted by Gasteiger charge is 2.70. The third-order valence-corrected chi connectivity index (χ3v) is 8.66. The third-order valence-electron chi connectivity index (χ3n) is 8.66. The van der Waals surface area contributed by atoms with E-state index in [1.807, 2.05) is 0 Å². The summed E-state index contributed by atoms with van der Waals surface area (Å²) >= 11 is 0. The first-order chi connectivity index (χ1) is 17.9. The molecule has 0 N–H and O–H groups in total. The fraction of sp³-hybridized carbons (Fsp3) is 0.0303. The number of hydrogen-bond donors (Lipinski definition) is 0. The minimum atomic E-state index is -0.509. The van der Waals surface area contributed by atoms with Gasteiger partial charge >= 0.3 is 5.66 Å². The van der Waals surface area contributed by atoms with Crippen LogP contribution in [-0.2, 0) is 5.66 Å². The van der Waals surface area contributed by atoms with Gasteiger partial charge in [-0.25, -0.2) is 0 Å². The summed E-state index contributed by atoms with van der Waals surface area (Å²) in [7, 11) is 0. The molecule has 3 nitrogen and oxygen atoms in total. The van der Waals surface area contributed by atoms with Crippen LogP contribution in [0, 0.1) is 0 Å². The first-order valence-corrected chi connectivity index (χ1v) is 12.5. The van der Waals surface area contributed by atoms with Crippen molar-refractivity contribution in [3.63, 3.8) is 0 Å². The normalized spacial score (nSPS) is 17.8. The van der Waals surface area contributed by atoms with E-state index in [0.29, 0.717) is 0 Å². The molecule has 1 spiro atoms. The molecule has 3 heteroatoms. The molecule has 0 bridgehead atoms. The van der Waals surface area contributed by atoms with Crippen molar-refractivity contribution in [1.82, 2.24) is 0 Å². The minimum absolute atomic E-state index is 0.509. The van der Waals surface area contributed by atoms with E-state index in [4.69, 9.17) is 4.74 Å². The monoisotopic (exact) mass is 458 g/mol. The van der Waals surface area contributed by atoms with Gasteiger partial charge in [-0.2, -0.15) is 0 Å². The summed E-state index contributed by atoms with van der Waals surface area (Å²) in [5, 5.41) is 9.06. The maximum absolute atomic E-state index is 6.68. The van der Waals surface area contributed by atoms with E-state index in [-0.39, 0.29) is 0 Å². The molecule has 7 aromatic rings. The van der Waals surface area contributed by atoms with Gasteiger partial charge < -0.3 is 4.74 Å². The molecule has 0 saturated carbocycles. The molecule has 3 aliphatic rings. The highest BCUT2D eigenvalue weighted by Crippen LogP contribution is 2.57. The van der Waals surface area contributed by atoms with E-state index in [1.165, 1.54) is 65.6 Å². The summed E-state index contributed by atoms with van der Waals surface area (Å²) in [5.41, 5.74) is 5.71.